The van der Waals surface area contributed by atoms with E-state index in [4.69, 9.17) is 0 Å². The first kappa shape index (κ1) is 8.19. The Morgan fingerprint density at radius 3 is 2.09 bits per heavy atom. The molecule has 11 heavy (non-hydrogen) atoms. The first-order valence-corrected chi connectivity index (χ1v) is 4.03. The first-order valence-electron chi connectivity index (χ1n) is 4.03. The fourth-order valence-corrected chi connectivity index (χ4v) is 1.03. The van der Waals surface area contributed by atoms with Gasteiger partial charge in [-0.1, -0.05) is 30.3 Å². The summed E-state index contributed by atoms with van der Waals surface area (Å²) in [5, 5.41) is 0. The summed E-state index contributed by atoms with van der Waals surface area (Å²) in [5.74, 6) is 0. The minimum Gasteiger partial charge on any atom is -0.0622 e. The molecule has 0 aliphatic carbocycles. The van der Waals surface area contributed by atoms with Gasteiger partial charge in [-0.15, -0.1) is 0 Å². The van der Waals surface area contributed by atoms with Crippen molar-refractivity contribution in [2.24, 2.45) is 0 Å². The van der Waals surface area contributed by atoms with Crippen molar-refractivity contribution in [1.82, 2.24) is 0 Å². The van der Waals surface area contributed by atoms with Crippen molar-refractivity contribution in [3.8, 4) is 0 Å². The molecule has 0 nitrogen and oxygen atoms in total. The lowest BCUT2D eigenvalue weighted by Crippen LogP contribution is -2.15. The van der Waals surface area contributed by atoms with Crippen molar-refractivity contribution in [2.75, 3.05) is 0 Å². The fourth-order valence-electron chi connectivity index (χ4n) is 1.03. The Kier molecular flexibility index (Phi) is 2.23. The lowest BCUT2D eigenvalue weighted by atomic mass is 9.82. The Morgan fingerprint density at radius 2 is 1.64 bits per heavy atom. The van der Waals surface area contributed by atoms with Crippen LogP contribution in [0.25, 0.3) is 0 Å². The summed E-state index contributed by atoms with van der Waals surface area (Å²) in [6.07, 6.45) is 2.22. The molecule has 58 valence electrons. The van der Waals surface area contributed by atoms with E-state index in [-0.39, 0.29) is 5.41 Å². The lowest BCUT2D eigenvalue weighted by molar-refractivity contribution is 0.616. The minimum atomic E-state index is 0.210. The fraction of sp³-hybridized carbons (Fsp3) is 0.364. The Hall–Kier alpha value is -0.910. The highest BCUT2D eigenvalue weighted by Gasteiger charge is 2.25. The van der Waals surface area contributed by atoms with Crippen LogP contribution in [-0.2, 0) is 5.41 Å². The first-order chi connectivity index (χ1) is 5.17. The van der Waals surface area contributed by atoms with Gasteiger partial charge in [-0.05, 0) is 13.8 Å². The average molecular weight is 147 g/mol. The Balaban J connectivity index is 2.93. The van der Waals surface area contributed by atoms with Gasteiger partial charge in [-0.25, -0.2) is 0 Å². The van der Waals surface area contributed by atoms with Crippen molar-refractivity contribution < 1.29 is 0 Å². The standard InChI is InChI=1S/C11H15/c1-4-11(2,3)10-8-6-5-7-9-10/h4-9H,1-3H3/q+1. The second-order valence-electron chi connectivity index (χ2n) is 3.38. The molecule has 0 saturated heterocycles. The molecule has 0 aliphatic rings. The summed E-state index contributed by atoms with van der Waals surface area (Å²) in [5.41, 5.74) is 1.59. The van der Waals surface area contributed by atoms with E-state index in [1.807, 2.05) is 0 Å². The van der Waals surface area contributed by atoms with Crippen LogP contribution in [0.2, 0.25) is 0 Å². The van der Waals surface area contributed by atoms with Gasteiger partial charge in [0.1, 0.15) is 5.41 Å². The average Bonchev–Trinajstić information content (AvgIpc) is 2.06. The van der Waals surface area contributed by atoms with Crippen LogP contribution in [0.1, 0.15) is 26.3 Å². The SMILES string of the molecule is C[CH+]C(C)(C)c1ccccc1. The molecular formula is C11H15+. The van der Waals surface area contributed by atoms with Gasteiger partial charge in [0, 0.05) is 5.56 Å². The zero-order chi connectivity index (χ0) is 8.32. The maximum Gasteiger partial charge on any atom is 0.127 e. The number of rotatable bonds is 2. The topological polar surface area (TPSA) is 0 Å². The molecule has 0 saturated carbocycles. The van der Waals surface area contributed by atoms with E-state index in [1.54, 1.807) is 0 Å². The van der Waals surface area contributed by atoms with Gasteiger partial charge in [0.25, 0.3) is 0 Å². The third-order valence-corrected chi connectivity index (χ3v) is 2.24. The normalized spacial score (nSPS) is 11.2. The molecule has 0 unspecified atom stereocenters. The van der Waals surface area contributed by atoms with Gasteiger partial charge in [0.2, 0.25) is 0 Å². The molecule has 1 aromatic carbocycles. The van der Waals surface area contributed by atoms with Gasteiger partial charge >= 0.3 is 0 Å². The van der Waals surface area contributed by atoms with Crippen molar-refractivity contribution in [3.05, 3.63) is 42.3 Å². The van der Waals surface area contributed by atoms with Gasteiger partial charge in [0.05, 0.1) is 13.3 Å². The van der Waals surface area contributed by atoms with E-state index >= 15 is 0 Å². The molecule has 1 aromatic rings. The smallest absolute Gasteiger partial charge is 0.0622 e. The number of hydrogen-bond donors (Lipinski definition) is 0. The maximum atomic E-state index is 2.22. The molecule has 0 aliphatic heterocycles. The van der Waals surface area contributed by atoms with Crippen molar-refractivity contribution >= 4 is 0 Å². The highest BCUT2D eigenvalue weighted by molar-refractivity contribution is 5.26. The number of benzene rings is 1. The van der Waals surface area contributed by atoms with Crippen LogP contribution in [0, 0.1) is 6.42 Å². The molecule has 0 heterocycles. The van der Waals surface area contributed by atoms with Crippen LogP contribution < -0.4 is 0 Å². The minimum absolute atomic E-state index is 0.210. The van der Waals surface area contributed by atoms with Crippen LogP contribution in [0.3, 0.4) is 0 Å². The summed E-state index contributed by atoms with van der Waals surface area (Å²) in [6.45, 7) is 6.55. The van der Waals surface area contributed by atoms with Crippen LogP contribution in [-0.4, -0.2) is 0 Å². The zero-order valence-electron chi connectivity index (χ0n) is 7.46. The molecule has 0 aromatic heterocycles. The number of hydrogen-bond acceptors (Lipinski definition) is 0. The van der Waals surface area contributed by atoms with E-state index in [0.717, 1.165) is 0 Å². The molecule has 0 N–H and O–H groups in total. The molecular weight excluding hydrogens is 132 g/mol. The predicted octanol–water partition coefficient (Wildman–Crippen LogP) is 3.19. The quantitative estimate of drug-likeness (QED) is 0.563. The molecule has 1 rings (SSSR count). The van der Waals surface area contributed by atoms with Crippen molar-refractivity contribution in [2.45, 2.75) is 26.2 Å². The lowest BCUT2D eigenvalue weighted by Gasteiger charge is -2.14. The van der Waals surface area contributed by atoms with Crippen LogP contribution >= 0.6 is 0 Å². The van der Waals surface area contributed by atoms with Crippen LogP contribution in [0.4, 0.5) is 0 Å². The highest BCUT2D eigenvalue weighted by atomic mass is 14.2. The maximum absolute atomic E-state index is 2.22. The molecule has 0 radical (unpaired) electrons. The second kappa shape index (κ2) is 3.00. The summed E-state index contributed by atoms with van der Waals surface area (Å²) in [4.78, 5) is 0. The summed E-state index contributed by atoms with van der Waals surface area (Å²) in [7, 11) is 0. The van der Waals surface area contributed by atoms with Gasteiger partial charge < -0.3 is 0 Å². The van der Waals surface area contributed by atoms with E-state index in [0.29, 0.717) is 0 Å². The van der Waals surface area contributed by atoms with Gasteiger partial charge in [-0.3, -0.25) is 0 Å². The van der Waals surface area contributed by atoms with Crippen molar-refractivity contribution in [1.29, 1.82) is 0 Å². The van der Waals surface area contributed by atoms with Gasteiger partial charge in [-0.2, -0.15) is 0 Å². The molecule has 0 spiro atoms. The molecule has 0 atom stereocenters. The Labute approximate surface area is 69.3 Å². The van der Waals surface area contributed by atoms with Crippen LogP contribution in [0.5, 0.6) is 0 Å². The predicted molar refractivity (Wildman–Crippen MR) is 49.4 cm³/mol. The Bertz CT molecular complexity index is 209. The third kappa shape index (κ3) is 1.76. The van der Waals surface area contributed by atoms with E-state index in [1.165, 1.54) is 5.56 Å². The molecule has 0 heteroatoms. The largest absolute Gasteiger partial charge is 0.127 e. The van der Waals surface area contributed by atoms with E-state index in [2.05, 4.69) is 57.5 Å². The molecule has 0 bridgehead atoms. The summed E-state index contributed by atoms with van der Waals surface area (Å²) in [6, 6.07) is 10.6. The van der Waals surface area contributed by atoms with E-state index < -0.39 is 0 Å². The summed E-state index contributed by atoms with van der Waals surface area (Å²) >= 11 is 0. The summed E-state index contributed by atoms with van der Waals surface area (Å²) < 4.78 is 0. The van der Waals surface area contributed by atoms with E-state index in [9.17, 15) is 0 Å². The highest BCUT2D eigenvalue weighted by Crippen LogP contribution is 2.24. The van der Waals surface area contributed by atoms with Crippen LogP contribution in [0.15, 0.2) is 30.3 Å². The second-order valence-corrected chi connectivity index (χ2v) is 3.38. The van der Waals surface area contributed by atoms with Crippen molar-refractivity contribution in [3.63, 3.8) is 0 Å². The monoisotopic (exact) mass is 147 g/mol. The third-order valence-electron chi connectivity index (χ3n) is 2.24. The molecule has 0 fully saturated rings. The Morgan fingerprint density at radius 1 is 1.09 bits per heavy atom. The zero-order valence-corrected chi connectivity index (χ0v) is 7.46. The van der Waals surface area contributed by atoms with Gasteiger partial charge in [0.15, 0.2) is 0 Å². The molecule has 0 amide bonds.